The minimum Gasteiger partial charge on any atom is -0.328 e. The lowest BCUT2D eigenvalue weighted by Crippen LogP contribution is -2.17. The van der Waals surface area contributed by atoms with Crippen LogP contribution in [0.5, 0.6) is 0 Å². The molecule has 0 radical (unpaired) electrons. The van der Waals surface area contributed by atoms with Crippen LogP contribution in [0.15, 0.2) is 51.4 Å². The Labute approximate surface area is 130 Å². The monoisotopic (exact) mass is 312 g/mol. The lowest BCUT2D eigenvalue weighted by atomic mass is 10.2. The molecular weight excluding hydrogens is 300 g/mol. The molecular formula is C15H12N4O2S. The number of hydrazone groups is 1. The number of carbonyl (C=O) groups excluding carboxylic acids is 1. The van der Waals surface area contributed by atoms with Gasteiger partial charge in [-0.3, -0.25) is 4.79 Å². The van der Waals surface area contributed by atoms with E-state index in [0.29, 0.717) is 5.82 Å². The summed E-state index contributed by atoms with van der Waals surface area (Å²) in [5.74, 6) is -0.272. The summed E-state index contributed by atoms with van der Waals surface area (Å²) in [5.41, 5.74) is 4.40. The van der Waals surface area contributed by atoms with E-state index in [1.807, 2.05) is 48.7 Å². The molecule has 0 aliphatic rings. The first kappa shape index (κ1) is 14.2. The summed E-state index contributed by atoms with van der Waals surface area (Å²) in [5, 5.41) is 9.54. The average Bonchev–Trinajstić information content (AvgIpc) is 3.20. The van der Waals surface area contributed by atoms with E-state index in [-0.39, 0.29) is 5.89 Å². The van der Waals surface area contributed by atoms with Crippen LogP contribution in [-0.2, 0) is 0 Å². The van der Waals surface area contributed by atoms with Crippen LogP contribution in [0.2, 0.25) is 0 Å². The van der Waals surface area contributed by atoms with Crippen molar-refractivity contribution in [3.63, 3.8) is 0 Å². The molecule has 2 heterocycles. The minimum absolute atomic E-state index is 0.121. The van der Waals surface area contributed by atoms with Gasteiger partial charge in [0, 0.05) is 0 Å². The second-order valence-corrected chi connectivity index (χ2v) is 5.46. The number of benzene rings is 1. The third-order valence-electron chi connectivity index (χ3n) is 2.82. The zero-order chi connectivity index (χ0) is 15.4. The van der Waals surface area contributed by atoms with Crippen molar-refractivity contribution in [2.75, 3.05) is 0 Å². The smallest absolute Gasteiger partial charge is 0.328 e. The molecule has 0 bridgehead atoms. The molecule has 6 nitrogen and oxygen atoms in total. The van der Waals surface area contributed by atoms with Crippen LogP contribution in [0.25, 0.3) is 10.7 Å². The number of nitrogens with one attached hydrogen (secondary N) is 1. The summed E-state index contributed by atoms with van der Waals surface area (Å²) in [6, 6.07) is 11.5. The van der Waals surface area contributed by atoms with Gasteiger partial charge in [-0.05, 0) is 23.9 Å². The summed E-state index contributed by atoms with van der Waals surface area (Å²) in [4.78, 5) is 16.7. The van der Waals surface area contributed by atoms with Gasteiger partial charge in [-0.2, -0.15) is 10.1 Å². The Balaban J connectivity index is 1.63. The fraction of sp³-hybridized carbons (Fsp3) is 0.0667. The Hall–Kier alpha value is -2.80. The SMILES string of the molecule is Cc1ccc(C=NNC(=O)c2nc(-c3cccs3)no2)cc1. The number of hydrogen-bond donors (Lipinski definition) is 1. The zero-order valence-electron chi connectivity index (χ0n) is 11.7. The average molecular weight is 312 g/mol. The Morgan fingerprint density at radius 3 is 2.86 bits per heavy atom. The fourth-order valence-electron chi connectivity index (χ4n) is 1.69. The number of amides is 1. The molecule has 0 saturated carbocycles. The van der Waals surface area contributed by atoms with Crippen molar-refractivity contribution < 1.29 is 9.32 Å². The van der Waals surface area contributed by atoms with Gasteiger partial charge >= 0.3 is 11.8 Å². The van der Waals surface area contributed by atoms with Gasteiger partial charge < -0.3 is 4.52 Å². The van der Waals surface area contributed by atoms with E-state index in [9.17, 15) is 4.79 Å². The molecule has 1 N–H and O–H groups in total. The third kappa shape index (κ3) is 3.26. The molecule has 0 fully saturated rings. The molecule has 3 aromatic rings. The van der Waals surface area contributed by atoms with E-state index >= 15 is 0 Å². The van der Waals surface area contributed by atoms with Crippen LogP contribution in [0.1, 0.15) is 21.8 Å². The number of nitrogens with zero attached hydrogens (tertiary/aromatic N) is 3. The summed E-state index contributed by atoms with van der Waals surface area (Å²) >= 11 is 1.47. The maximum absolute atomic E-state index is 11.9. The van der Waals surface area contributed by atoms with Crippen molar-refractivity contribution in [2.24, 2.45) is 5.10 Å². The van der Waals surface area contributed by atoms with Gasteiger partial charge in [-0.1, -0.05) is 41.1 Å². The van der Waals surface area contributed by atoms with E-state index < -0.39 is 5.91 Å². The normalized spacial score (nSPS) is 11.0. The Morgan fingerprint density at radius 2 is 2.14 bits per heavy atom. The first-order chi connectivity index (χ1) is 10.7. The molecule has 2 aromatic heterocycles. The maximum atomic E-state index is 11.9. The van der Waals surface area contributed by atoms with E-state index in [2.05, 4.69) is 20.7 Å². The first-order valence-corrected chi connectivity index (χ1v) is 7.38. The molecule has 0 aliphatic carbocycles. The first-order valence-electron chi connectivity index (χ1n) is 6.50. The van der Waals surface area contributed by atoms with Gasteiger partial charge in [0.25, 0.3) is 0 Å². The van der Waals surface area contributed by atoms with Crippen LogP contribution >= 0.6 is 11.3 Å². The Morgan fingerprint density at radius 1 is 1.32 bits per heavy atom. The highest BCUT2D eigenvalue weighted by molar-refractivity contribution is 7.13. The quantitative estimate of drug-likeness (QED) is 0.593. The second kappa shape index (κ2) is 6.31. The molecule has 3 rings (SSSR count). The minimum atomic E-state index is -0.543. The van der Waals surface area contributed by atoms with Crippen LogP contribution in [0.4, 0.5) is 0 Å². The Kier molecular flexibility index (Phi) is 4.06. The Bertz CT molecular complexity index is 791. The summed E-state index contributed by atoms with van der Waals surface area (Å²) in [6.07, 6.45) is 1.55. The number of hydrogen-bond acceptors (Lipinski definition) is 6. The highest BCUT2D eigenvalue weighted by Crippen LogP contribution is 2.21. The van der Waals surface area contributed by atoms with Crippen LogP contribution in [0, 0.1) is 6.92 Å². The van der Waals surface area contributed by atoms with Gasteiger partial charge in [-0.15, -0.1) is 11.3 Å². The van der Waals surface area contributed by atoms with Gasteiger partial charge in [0.15, 0.2) is 0 Å². The zero-order valence-corrected chi connectivity index (χ0v) is 12.5. The number of aromatic nitrogens is 2. The summed E-state index contributed by atoms with van der Waals surface area (Å²) in [7, 11) is 0. The fourth-order valence-corrected chi connectivity index (χ4v) is 2.34. The van der Waals surface area contributed by atoms with Crippen LogP contribution in [0.3, 0.4) is 0 Å². The van der Waals surface area contributed by atoms with Gasteiger partial charge in [0.1, 0.15) is 0 Å². The molecule has 7 heteroatoms. The van der Waals surface area contributed by atoms with Crippen molar-refractivity contribution in [1.29, 1.82) is 0 Å². The molecule has 1 amide bonds. The van der Waals surface area contributed by atoms with Crippen molar-refractivity contribution >= 4 is 23.5 Å². The standard InChI is InChI=1S/C15H12N4O2S/c1-10-4-6-11(7-5-10)9-16-18-14(20)15-17-13(19-21-15)12-3-2-8-22-12/h2-9H,1H3,(H,18,20). The van der Waals surface area contributed by atoms with Gasteiger partial charge in [0.2, 0.25) is 5.82 Å². The molecule has 0 spiro atoms. The molecule has 1 aromatic carbocycles. The van der Waals surface area contributed by atoms with E-state index in [1.54, 1.807) is 6.21 Å². The molecule has 0 aliphatic heterocycles. The highest BCUT2D eigenvalue weighted by Gasteiger charge is 2.15. The van der Waals surface area contributed by atoms with Crippen molar-refractivity contribution in [2.45, 2.75) is 6.92 Å². The number of carbonyl (C=O) groups is 1. The summed E-state index contributed by atoms with van der Waals surface area (Å²) < 4.78 is 4.93. The third-order valence-corrected chi connectivity index (χ3v) is 3.68. The van der Waals surface area contributed by atoms with Gasteiger partial charge in [-0.25, -0.2) is 5.43 Å². The second-order valence-electron chi connectivity index (χ2n) is 4.51. The van der Waals surface area contributed by atoms with E-state index in [0.717, 1.165) is 16.0 Å². The molecule has 110 valence electrons. The molecule has 0 unspecified atom stereocenters. The van der Waals surface area contributed by atoms with E-state index in [1.165, 1.54) is 11.3 Å². The molecule has 0 atom stereocenters. The maximum Gasteiger partial charge on any atom is 0.329 e. The topological polar surface area (TPSA) is 80.4 Å². The van der Waals surface area contributed by atoms with Crippen LogP contribution in [-0.4, -0.2) is 22.3 Å². The van der Waals surface area contributed by atoms with Crippen molar-refractivity contribution in [3.05, 3.63) is 58.8 Å². The highest BCUT2D eigenvalue weighted by atomic mass is 32.1. The van der Waals surface area contributed by atoms with Crippen molar-refractivity contribution in [3.8, 4) is 10.7 Å². The number of rotatable bonds is 4. The lowest BCUT2D eigenvalue weighted by Gasteiger charge is -1.95. The predicted molar refractivity (Wildman–Crippen MR) is 83.9 cm³/mol. The molecule has 22 heavy (non-hydrogen) atoms. The number of aryl methyl sites for hydroxylation is 1. The summed E-state index contributed by atoms with van der Waals surface area (Å²) in [6.45, 7) is 2.00. The van der Waals surface area contributed by atoms with Crippen molar-refractivity contribution in [1.82, 2.24) is 15.6 Å². The lowest BCUT2D eigenvalue weighted by molar-refractivity contribution is 0.0911. The van der Waals surface area contributed by atoms with E-state index in [4.69, 9.17) is 4.52 Å². The number of thiophene rings is 1. The van der Waals surface area contributed by atoms with Crippen LogP contribution < -0.4 is 5.43 Å². The predicted octanol–water partition coefficient (Wildman–Crippen LogP) is 2.87. The van der Waals surface area contributed by atoms with Gasteiger partial charge in [0.05, 0.1) is 11.1 Å². The largest absolute Gasteiger partial charge is 0.329 e. The molecule has 0 saturated heterocycles.